The number of rotatable bonds is 6. The molecule has 0 aliphatic heterocycles. The van der Waals surface area contributed by atoms with Gasteiger partial charge in [0.1, 0.15) is 0 Å². The highest BCUT2D eigenvalue weighted by Gasteiger charge is 2.20. The molecule has 0 aliphatic rings. The first kappa shape index (κ1) is 18.5. The summed E-state index contributed by atoms with van der Waals surface area (Å²) in [6.07, 6.45) is -2.22. The van der Waals surface area contributed by atoms with E-state index < -0.39 is 39.8 Å². The molecule has 0 fully saturated rings. The molecule has 12 heteroatoms. The van der Waals surface area contributed by atoms with Crippen LogP contribution in [-0.2, 0) is 18.6 Å². The van der Waals surface area contributed by atoms with Crippen molar-refractivity contribution in [2.45, 2.75) is 0 Å². The molecule has 0 bridgehead atoms. The van der Waals surface area contributed by atoms with Gasteiger partial charge in [0, 0.05) is 0 Å². The second-order valence-electron chi connectivity index (χ2n) is 4.03. The Labute approximate surface area is 124 Å². The molecular formula is C10H12O10P2. The lowest BCUT2D eigenvalue weighted by Crippen LogP contribution is -2.10. The zero-order valence-electron chi connectivity index (χ0n) is 10.9. The summed E-state index contributed by atoms with van der Waals surface area (Å²) in [7, 11) is -9.04. The number of esters is 2. The van der Waals surface area contributed by atoms with Gasteiger partial charge in [0.05, 0.1) is 11.1 Å². The molecule has 0 radical (unpaired) electrons. The number of carbonyl (C=O) groups excluding carboxylic acids is 2. The quantitative estimate of drug-likeness (QED) is 0.411. The van der Waals surface area contributed by atoms with Gasteiger partial charge in [-0.2, -0.15) is 0 Å². The van der Waals surface area contributed by atoms with E-state index in [1.165, 1.54) is 18.2 Å². The van der Waals surface area contributed by atoms with Gasteiger partial charge in [0.25, 0.3) is 0 Å². The van der Waals surface area contributed by atoms with Crippen LogP contribution in [0.1, 0.15) is 20.7 Å². The first-order valence-corrected chi connectivity index (χ1v) is 9.11. The maximum absolute atomic E-state index is 11.5. The molecule has 0 amide bonds. The average molecular weight is 354 g/mol. The SMILES string of the molecule is O=C(OCP(=O)(O)O)c1cccc(C(=O)OCP(=O)(O)O)c1. The molecule has 0 heterocycles. The van der Waals surface area contributed by atoms with Crippen LogP contribution in [0.2, 0.25) is 0 Å². The summed E-state index contributed by atoms with van der Waals surface area (Å²) in [4.78, 5) is 57.4. The number of hydrogen-bond donors (Lipinski definition) is 4. The Morgan fingerprint density at radius 3 is 1.55 bits per heavy atom. The molecule has 1 rings (SSSR count). The van der Waals surface area contributed by atoms with Gasteiger partial charge in [0.2, 0.25) is 0 Å². The molecule has 1 aromatic carbocycles. The third kappa shape index (κ3) is 6.95. The van der Waals surface area contributed by atoms with Gasteiger partial charge in [-0.25, -0.2) is 9.59 Å². The standard InChI is InChI=1S/C10H12O10P2/c11-9(19-5-21(13,14)15)7-2-1-3-8(4-7)10(12)20-6-22(16,17)18/h1-4H,5-6H2,(H2,13,14,15)(H2,16,17,18). The highest BCUT2D eigenvalue weighted by Crippen LogP contribution is 2.35. The Bertz CT molecular complexity index is 604. The van der Waals surface area contributed by atoms with Crippen LogP contribution >= 0.6 is 15.2 Å². The van der Waals surface area contributed by atoms with Crippen LogP contribution in [0.15, 0.2) is 24.3 Å². The summed E-state index contributed by atoms with van der Waals surface area (Å²) in [5.41, 5.74) is -0.363. The maximum Gasteiger partial charge on any atom is 0.362 e. The Morgan fingerprint density at radius 1 is 0.864 bits per heavy atom. The molecule has 122 valence electrons. The topological polar surface area (TPSA) is 168 Å². The van der Waals surface area contributed by atoms with E-state index in [0.717, 1.165) is 6.07 Å². The molecule has 0 aromatic heterocycles. The van der Waals surface area contributed by atoms with E-state index in [0.29, 0.717) is 0 Å². The van der Waals surface area contributed by atoms with E-state index >= 15 is 0 Å². The molecule has 10 nitrogen and oxygen atoms in total. The first-order valence-electron chi connectivity index (χ1n) is 5.51. The maximum atomic E-state index is 11.5. The highest BCUT2D eigenvalue weighted by molar-refractivity contribution is 7.51. The molecular weight excluding hydrogens is 342 g/mol. The van der Waals surface area contributed by atoms with Crippen molar-refractivity contribution in [1.82, 2.24) is 0 Å². The van der Waals surface area contributed by atoms with Crippen molar-refractivity contribution in [3.63, 3.8) is 0 Å². The zero-order valence-corrected chi connectivity index (χ0v) is 12.6. The zero-order chi connectivity index (χ0) is 17.0. The number of hydrogen-bond acceptors (Lipinski definition) is 6. The van der Waals surface area contributed by atoms with E-state index in [1.54, 1.807) is 0 Å². The van der Waals surface area contributed by atoms with Crippen LogP contribution in [0, 0.1) is 0 Å². The Morgan fingerprint density at radius 2 is 1.23 bits per heavy atom. The summed E-state index contributed by atoms with van der Waals surface area (Å²) < 4.78 is 29.9. The van der Waals surface area contributed by atoms with Crippen molar-refractivity contribution in [2.24, 2.45) is 0 Å². The Kier molecular flexibility index (Phi) is 6.01. The summed E-state index contributed by atoms with van der Waals surface area (Å²) in [5.74, 6) is -2.15. The second-order valence-corrected chi connectivity index (χ2v) is 7.21. The number of ether oxygens (including phenoxy) is 2. The minimum Gasteiger partial charge on any atom is -0.449 e. The molecule has 0 aliphatic carbocycles. The van der Waals surface area contributed by atoms with Crippen LogP contribution in [-0.4, -0.2) is 44.2 Å². The van der Waals surface area contributed by atoms with Gasteiger partial charge in [-0.05, 0) is 18.2 Å². The van der Waals surface area contributed by atoms with Gasteiger partial charge in [-0.1, -0.05) is 6.07 Å². The molecule has 0 saturated carbocycles. The van der Waals surface area contributed by atoms with Crippen LogP contribution in [0.5, 0.6) is 0 Å². The highest BCUT2D eigenvalue weighted by atomic mass is 31.2. The predicted octanol–water partition coefficient (Wildman–Crippen LogP) is 0.271. The van der Waals surface area contributed by atoms with Crippen molar-refractivity contribution >= 4 is 27.1 Å². The van der Waals surface area contributed by atoms with Gasteiger partial charge >= 0.3 is 27.1 Å². The van der Waals surface area contributed by atoms with Gasteiger partial charge < -0.3 is 29.0 Å². The summed E-state index contributed by atoms with van der Waals surface area (Å²) in [6.45, 7) is 0. The van der Waals surface area contributed by atoms with E-state index in [4.69, 9.17) is 19.6 Å². The van der Waals surface area contributed by atoms with Crippen LogP contribution < -0.4 is 0 Å². The number of benzene rings is 1. The van der Waals surface area contributed by atoms with E-state index in [-0.39, 0.29) is 11.1 Å². The van der Waals surface area contributed by atoms with Gasteiger partial charge in [-0.15, -0.1) is 0 Å². The Balaban J connectivity index is 2.77. The third-order valence-electron chi connectivity index (χ3n) is 2.06. The fraction of sp³-hybridized carbons (Fsp3) is 0.200. The third-order valence-corrected chi connectivity index (χ3v) is 2.99. The van der Waals surface area contributed by atoms with Crippen LogP contribution in [0.4, 0.5) is 0 Å². The molecule has 22 heavy (non-hydrogen) atoms. The molecule has 4 N–H and O–H groups in total. The molecule has 0 unspecified atom stereocenters. The molecule has 1 aromatic rings. The monoisotopic (exact) mass is 354 g/mol. The largest absolute Gasteiger partial charge is 0.449 e. The van der Waals surface area contributed by atoms with Crippen molar-refractivity contribution in [2.75, 3.05) is 12.7 Å². The smallest absolute Gasteiger partial charge is 0.362 e. The fourth-order valence-electron chi connectivity index (χ4n) is 1.23. The van der Waals surface area contributed by atoms with E-state index in [9.17, 15) is 18.7 Å². The van der Waals surface area contributed by atoms with E-state index in [2.05, 4.69) is 9.47 Å². The van der Waals surface area contributed by atoms with Crippen molar-refractivity contribution in [3.8, 4) is 0 Å². The van der Waals surface area contributed by atoms with Crippen molar-refractivity contribution in [1.29, 1.82) is 0 Å². The first-order chi connectivity index (χ1) is 9.98. The normalized spacial score (nSPS) is 11.8. The number of carbonyl (C=O) groups is 2. The molecule has 0 spiro atoms. The molecule has 0 atom stereocenters. The minimum atomic E-state index is -4.52. The summed E-state index contributed by atoms with van der Waals surface area (Å²) >= 11 is 0. The lowest BCUT2D eigenvalue weighted by atomic mass is 10.1. The van der Waals surface area contributed by atoms with E-state index in [1.807, 2.05) is 0 Å². The average Bonchev–Trinajstić information content (AvgIpc) is 2.40. The minimum absolute atomic E-state index is 0.181. The van der Waals surface area contributed by atoms with Gasteiger partial charge in [-0.3, -0.25) is 9.13 Å². The lowest BCUT2D eigenvalue weighted by molar-refractivity contribution is 0.0546. The fourth-order valence-corrected chi connectivity index (χ4v) is 1.80. The Hall–Kier alpha value is -1.54. The molecule has 0 saturated heterocycles. The van der Waals surface area contributed by atoms with Gasteiger partial charge in [0.15, 0.2) is 12.7 Å². The van der Waals surface area contributed by atoms with Crippen LogP contribution in [0.3, 0.4) is 0 Å². The lowest BCUT2D eigenvalue weighted by Gasteiger charge is -2.08. The summed E-state index contributed by atoms with van der Waals surface area (Å²) in [5, 5.41) is 0. The van der Waals surface area contributed by atoms with Crippen molar-refractivity contribution < 1.29 is 47.8 Å². The van der Waals surface area contributed by atoms with Crippen LogP contribution in [0.25, 0.3) is 0 Å². The predicted molar refractivity (Wildman–Crippen MR) is 71.1 cm³/mol. The van der Waals surface area contributed by atoms with Crippen molar-refractivity contribution in [3.05, 3.63) is 35.4 Å². The summed E-state index contributed by atoms with van der Waals surface area (Å²) in [6, 6.07) is 4.72. The second kappa shape index (κ2) is 7.15.